The molecule has 1 amide bonds. The summed E-state index contributed by atoms with van der Waals surface area (Å²) in [5.74, 6) is 0.621. The first kappa shape index (κ1) is 16.5. The van der Waals surface area contributed by atoms with Crippen LogP contribution in [0.3, 0.4) is 0 Å². The number of carbonyl (C=O) groups is 1. The van der Waals surface area contributed by atoms with Crippen molar-refractivity contribution in [3.8, 4) is 5.75 Å². The number of nitrogens with zero attached hydrogens (tertiary/aromatic N) is 1. The maximum atomic E-state index is 12.3. The molecular weight excluding hydrogens is 314 g/mol. The maximum absolute atomic E-state index is 12.3. The van der Waals surface area contributed by atoms with E-state index in [0.717, 1.165) is 22.8 Å². The fourth-order valence-electron chi connectivity index (χ4n) is 2.33. The molecule has 0 unspecified atom stereocenters. The van der Waals surface area contributed by atoms with Crippen molar-refractivity contribution in [1.82, 2.24) is 4.98 Å². The molecule has 1 aromatic heterocycles. The van der Waals surface area contributed by atoms with Crippen LogP contribution in [0.2, 0.25) is 0 Å². The quantitative estimate of drug-likeness (QED) is 0.698. The highest BCUT2D eigenvalue weighted by Crippen LogP contribution is 2.20. The van der Waals surface area contributed by atoms with Crippen molar-refractivity contribution in [2.45, 2.75) is 6.92 Å². The Hall–Kier alpha value is -3.34. The zero-order valence-corrected chi connectivity index (χ0v) is 13.9. The maximum Gasteiger partial charge on any atom is 0.257 e. The number of benzene rings is 2. The van der Waals surface area contributed by atoms with Crippen LogP contribution in [-0.2, 0) is 0 Å². The number of hydrogen-bond donors (Lipinski definition) is 2. The lowest BCUT2D eigenvalue weighted by molar-refractivity contribution is 0.102. The number of carbonyl (C=O) groups excluding carboxylic acids is 1. The van der Waals surface area contributed by atoms with E-state index in [1.165, 1.54) is 0 Å². The average molecular weight is 333 g/mol. The highest BCUT2D eigenvalue weighted by Gasteiger charge is 2.07. The third kappa shape index (κ3) is 4.57. The van der Waals surface area contributed by atoms with E-state index in [0.29, 0.717) is 12.2 Å². The summed E-state index contributed by atoms with van der Waals surface area (Å²) in [6.45, 7) is 2.58. The Morgan fingerprint density at radius 1 is 0.960 bits per heavy atom. The van der Waals surface area contributed by atoms with E-state index in [4.69, 9.17) is 4.74 Å². The van der Waals surface area contributed by atoms with Crippen molar-refractivity contribution in [3.05, 3.63) is 78.6 Å². The van der Waals surface area contributed by atoms with Crippen molar-refractivity contribution >= 4 is 23.0 Å². The second kappa shape index (κ2) is 7.97. The lowest BCUT2D eigenvalue weighted by Gasteiger charge is -2.09. The summed E-state index contributed by atoms with van der Waals surface area (Å²) >= 11 is 0. The van der Waals surface area contributed by atoms with Crippen LogP contribution in [0, 0.1) is 0 Å². The number of hydrogen-bond acceptors (Lipinski definition) is 4. The highest BCUT2D eigenvalue weighted by molar-refractivity contribution is 6.04. The van der Waals surface area contributed by atoms with Gasteiger partial charge in [-0.1, -0.05) is 18.2 Å². The largest absolute Gasteiger partial charge is 0.494 e. The topological polar surface area (TPSA) is 63.2 Å². The first-order valence-corrected chi connectivity index (χ1v) is 8.06. The van der Waals surface area contributed by atoms with E-state index < -0.39 is 0 Å². The molecule has 3 aromatic rings. The van der Waals surface area contributed by atoms with Gasteiger partial charge in [0.2, 0.25) is 0 Å². The van der Waals surface area contributed by atoms with Gasteiger partial charge < -0.3 is 15.4 Å². The average Bonchev–Trinajstić information content (AvgIpc) is 2.65. The summed E-state index contributed by atoms with van der Waals surface area (Å²) in [6.07, 6.45) is 3.22. The van der Waals surface area contributed by atoms with Gasteiger partial charge in [-0.2, -0.15) is 0 Å². The van der Waals surface area contributed by atoms with Crippen LogP contribution < -0.4 is 15.4 Å². The molecule has 5 nitrogen and oxygen atoms in total. The number of aromatic nitrogens is 1. The lowest BCUT2D eigenvalue weighted by Crippen LogP contribution is -2.12. The van der Waals surface area contributed by atoms with Crippen LogP contribution in [0.15, 0.2) is 73.1 Å². The molecule has 0 saturated carbocycles. The lowest BCUT2D eigenvalue weighted by atomic mass is 10.2. The van der Waals surface area contributed by atoms with E-state index in [9.17, 15) is 4.79 Å². The van der Waals surface area contributed by atoms with Gasteiger partial charge in [-0.05, 0) is 49.4 Å². The SMILES string of the molecule is CCOc1ccc(Nc2cncc(C(=O)Nc3ccccc3)c2)cc1. The minimum atomic E-state index is -0.200. The molecular formula is C20H19N3O2. The normalized spacial score (nSPS) is 10.1. The molecule has 2 N–H and O–H groups in total. The van der Waals surface area contributed by atoms with Crippen LogP contribution in [0.1, 0.15) is 17.3 Å². The zero-order valence-electron chi connectivity index (χ0n) is 13.9. The Morgan fingerprint density at radius 2 is 1.72 bits per heavy atom. The molecule has 0 spiro atoms. The molecule has 5 heteroatoms. The van der Waals surface area contributed by atoms with Crippen molar-refractivity contribution in [2.75, 3.05) is 17.2 Å². The van der Waals surface area contributed by atoms with Crippen LogP contribution in [-0.4, -0.2) is 17.5 Å². The van der Waals surface area contributed by atoms with E-state index in [-0.39, 0.29) is 5.91 Å². The van der Waals surface area contributed by atoms with E-state index in [2.05, 4.69) is 15.6 Å². The van der Waals surface area contributed by atoms with E-state index in [1.807, 2.05) is 61.5 Å². The van der Waals surface area contributed by atoms with E-state index >= 15 is 0 Å². The summed E-state index contributed by atoms with van der Waals surface area (Å²) in [4.78, 5) is 16.5. The van der Waals surface area contributed by atoms with E-state index in [1.54, 1.807) is 18.5 Å². The molecule has 0 aliphatic rings. The standard InChI is InChI=1S/C20H19N3O2/c1-2-25-19-10-8-17(9-11-19)22-18-12-15(13-21-14-18)20(24)23-16-6-4-3-5-7-16/h3-14,22H,2H2,1H3,(H,23,24). The van der Waals surface area contributed by atoms with Crippen molar-refractivity contribution < 1.29 is 9.53 Å². The van der Waals surface area contributed by atoms with Gasteiger partial charge in [-0.25, -0.2) is 0 Å². The fraction of sp³-hybridized carbons (Fsp3) is 0.100. The van der Waals surface area contributed by atoms with Crippen LogP contribution in [0.4, 0.5) is 17.1 Å². The third-order valence-electron chi connectivity index (χ3n) is 3.49. The smallest absolute Gasteiger partial charge is 0.257 e. The Morgan fingerprint density at radius 3 is 2.44 bits per heavy atom. The summed E-state index contributed by atoms with van der Waals surface area (Å²) in [5, 5.41) is 6.08. The van der Waals surface area contributed by atoms with Gasteiger partial charge >= 0.3 is 0 Å². The van der Waals surface area contributed by atoms with Crippen LogP contribution in [0.25, 0.3) is 0 Å². The molecule has 0 aliphatic heterocycles. The van der Waals surface area contributed by atoms with Gasteiger partial charge in [0.05, 0.1) is 24.1 Å². The first-order valence-electron chi connectivity index (χ1n) is 8.06. The third-order valence-corrected chi connectivity index (χ3v) is 3.49. The minimum Gasteiger partial charge on any atom is -0.494 e. The molecule has 0 radical (unpaired) electrons. The molecule has 3 rings (SSSR count). The molecule has 25 heavy (non-hydrogen) atoms. The number of ether oxygens (including phenoxy) is 1. The van der Waals surface area contributed by atoms with Crippen LogP contribution >= 0.6 is 0 Å². The molecule has 0 bridgehead atoms. The van der Waals surface area contributed by atoms with Gasteiger partial charge in [0, 0.05) is 17.6 Å². The first-order chi connectivity index (χ1) is 12.2. The van der Waals surface area contributed by atoms with Crippen LogP contribution in [0.5, 0.6) is 5.75 Å². The second-order valence-corrected chi connectivity index (χ2v) is 5.36. The van der Waals surface area contributed by atoms with Gasteiger partial charge in [-0.15, -0.1) is 0 Å². The Kier molecular flexibility index (Phi) is 5.26. The number of rotatable bonds is 6. The predicted octanol–water partition coefficient (Wildman–Crippen LogP) is 4.48. The molecule has 0 atom stereocenters. The summed E-state index contributed by atoms with van der Waals surface area (Å²) in [6, 6.07) is 18.7. The van der Waals surface area contributed by atoms with Crippen molar-refractivity contribution in [2.24, 2.45) is 0 Å². The monoisotopic (exact) mass is 333 g/mol. The fourth-order valence-corrected chi connectivity index (χ4v) is 2.33. The number of anilines is 3. The Balaban J connectivity index is 1.69. The molecule has 2 aromatic carbocycles. The predicted molar refractivity (Wildman–Crippen MR) is 99.5 cm³/mol. The molecule has 0 saturated heterocycles. The Bertz CT molecular complexity index is 833. The molecule has 126 valence electrons. The summed E-state index contributed by atoms with van der Waals surface area (Å²) in [5.41, 5.74) is 2.87. The van der Waals surface area contributed by atoms with Gasteiger partial charge in [-0.3, -0.25) is 9.78 Å². The van der Waals surface area contributed by atoms with Gasteiger partial charge in [0.25, 0.3) is 5.91 Å². The second-order valence-electron chi connectivity index (χ2n) is 5.36. The number of para-hydroxylation sites is 1. The summed E-state index contributed by atoms with van der Waals surface area (Å²) < 4.78 is 5.43. The molecule has 0 aliphatic carbocycles. The van der Waals surface area contributed by atoms with Gasteiger partial charge in [0.15, 0.2) is 0 Å². The number of nitrogens with one attached hydrogen (secondary N) is 2. The summed E-state index contributed by atoms with van der Waals surface area (Å²) in [7, 11) is 0. The number of amides is 1. The zero-order chi connectivity index (χ0) is 17.5. The minimum absolute atomic E-state index is 0.200. The Labute approximate surface area is 146 Å². The molecule has 0 fully saturated rings. The molecule has 1 heterocycles. The van der Waals surface area contributed by atoms with Gasteiger partial charge in [0.1, 0.15) is 5.75 Å². The highest BCUT2D eigenvalue weighted by atomic mass is 16.5. The van der Waals surface area contributed by atoms with Crippen molar-refractivity contribution in [1.29, 1.82) is 0 Å². The van der Waals surface area contributed by atoms with Crippen molar-refractivity contribution in [3.63, 3.8) is 0 Å². The number of pyridine rings is 1.